The van der Waals surface area contributed by atoms with Crippen molar-refractivity contribution >= 4 is 17.5 Å². The Balaban J connectivity index is 1.49. The standard InChI is InChI=1S/C16H20ClN5/c17-15-9-20-16(21-10-15)19-8-14-4-2-6-22(12-14)11-13-3-1-5-18-7-13/h1,3,5,7,9-10,14H,2,4,6,8,11-12H2,(H,19,20,21)/t14-/m1/s1. The number of anilines is 1. The predicted octanol–water partition coefficient (Wildman–Crippen LogP) is 2.85. The lowest BCUT2D eigenvalue weighted by atomic mass is 9.97. The molecule has 2 aromatic heterocycles. The van der Waals surface area contributed by atoms with Crippen LogP contribution in [0.1, 0.15) is 18.4 Å². The van der Waals surface area contributed by atoms with Crippen LogP contribution in [0.15, 0.2) is 36.9 Å². The highest BCUT2D eigenvalue weighted by Crippen LogP contribution is 2.18. The highest BCUT2D eigenvalue weighted by Gasteiger charge is 2.20. The zero-order valence-corrected chi connectivity index (χ0v) is 13.2. The van der Waals surface area contributed by atoms with Crippen LogP contribution in [0.5, 0.6) is 0 Å². The van der Waals surface area contributed by atoms with E-state index in [1.807, 2.05) is 18.5 Å². The summed E-state index contributed by atoms with van der Waals surface area (Å²) in [6.45, 7) is 4.12. The van der Waals surface area contributed by atoms with Gasteiger partial charge in [-0.25, -0.2) is 9.97 Å². The fourth-order valence-electron chi connectivity index (χ4n) is 2.85. The molecule has 2 aromatic rings. The Morgan fingerprint density at radius 2 is 2.14 bits per heavy atom. The second kappa shape index (κ2) is 7.51. The molecular formula is C16H20ClN5. The molecule has 0 unspecified atom stereocenters. The number of rotatable bonds is 5. The molecule has 3 rings (SSSR count). The van der Waals surface area contributed by atoms with Gasteiger partial charge < -0.3 is 5.32 Å². The predicted molar refractivity (Wildman–Crippen MR) is 87.8 cm³/mol. The lowest BCUT2D eigenvalue weighted by Crippen LogP contribution is -2.37. The molecule has 6 heteroatoms. The first kappa shape index (κ1) is 15.2. The van der Waals surface area contributed by atoms with Gasteiger partial charge in [-0.05, 0) is 36.9 Å². The average molecular weight is 318 g/mol. The van der Waals surface area contributed by atoms with Gasteiger partial charge in [0.25, 0.3) is 0 Å². The Morgan fingerprint density at radius 1 is 1.27 bits per heavy atom. The first-order valence-electron chi connectivity index (χ1n) is 7.62. The summed E-state index contributed by atoms with van der Waals surface area (Å²) in [5.74, 6) is 1.26. The summed E-state index contributed by atoms with van der Waals surface area (Å²) in [5, 5.41) is 3.87. The minimum absolute atomic E-state index is 0.561. The molecule has 0 spiro atoms. The third-order valence-electron chi connectivity index (χ3n) is 3.90. The van der Waals surface area contributed by atoms with E-state index in [9.17, 15) is 0 Å². The molecule has 1 saturated heterocycles. The van der Waals surface area contributed by atoms with Gasteiger partial charge >= 0.3 is 0 Å². The fraction of sp³-hybridized carbons (Fsp3) is 0.438. The lowest BCUT2D eigenvalue weighted by Gasteiger charge is -2.32. The van der Waals surface area contributed by atoms with Crippen molar-refractivity contribution in [2.45, 2.75) is 19.4 Å². The summed E-state index contributed by atoms with van der Waals surface area (Å²) in [6.07, 6.45) is 9.47. The van der Waals surface area contributed by atoms with E-state index < -0.39 is 0 Å². The number of aromatic nitrogens is 3. The van der Waals surface area contributed by atoms with Crippen LogP contribution in [0.2, 0.25) is 5.02 Å². The molecule has 116 valence electrons. The van der Waals surface area contributed by atoms with Gasteiger partial charge in [0.05, 0.1) is 17.4 Å². The summed E-state index contributed by atoms with van der Waals surface area (Å²) in [5.41, 5.74) is 1.28. The number of piperidine rings is 1. The molecule has 1 N–H and O–H groups in total. The van der Waals surface area contributed by atoms with E-state index in [4.69, 9.17) is 11.6 Å². The highest BCUT2D eigenvalue weighted by atomic mass is 35.5. The van der Waals surface area contributed by atoms with Crippen molar-refractivity contribution in [2.24, 2.45) is 5.92 Å². The summed E-state index contributed by atoms with van der Waals surface area (Å²) in [4.78, 5) is 15.0. The molecule has 0 radical (unpaired) electrons. The average Bonchev–Trinajstić information content (AvgIpc) is 2.56. The van der Waals surface area contributed by atoms with Crippen molar-refractivity contribution in [1.29, 1.82) is 0 Å². The second-order valence-electron chi connectivity index (χ2n) is 5.71. The van der Waals surface area contributed by atoms with Crippen molar-refractivity contribution in [2.75, 3.05) is 25.0 Å². The van der Waals surface area contributed by atoms with Gasteiger partial charge in [0.15, 0.2) is 0 Å². The SMILES string of the molecule is Clc1cnc(NC[C@H]2CCCN(Cc3cccnc3)C2)nc1. The van der Waals surface area contributed by atoms with Gasteiger partial charge in [0.1, 0.15) is 0 Å². The Labute approximate surface area is 135 Å². The van der Waals surface area contributed by atoms with Crippen molar-refractivity contribution in [1.82, 2.24) is 19.9 Å². The molecule has 1 aliphatic heterocycles. The van der Waals surface area contributed by atoms with E-state index in [-0.39, 0.29) is 0 Å². The Kier molecular flexibility index (Phi) is 5.19. The molecule has 1 fully saturated rings. The van der Waals surface area contributed by atoms with Crippen molar-refractivity contribution in [3.8, 4) is 0 Å². The zero-order valence-electron chi connectivity index (χ0n) is 12.5. The molecule has 0 aliphatic carbocycles. The van der Waals surface area contributed by atoms with E-state index in [2.05, 4.69) is 31.2 Å². The lowest BCUT2D eigenvalue weighted by molar-refractivity contribution is 0.173. The molecule has 22 heavy (non-hydrogen) atoms. The second-order valence-corrected chi connectivity index (χ2v) is 6.15. The maximum Gasteiger partial charge on any atom is 0.222 e. The van der Waals surface area contributed by atoms with E-state index in [0.717, 1.165) is 26.2 Å². The summed E-state index contributed by atoms with van der Waals surface area (Å²) >= 11 is 5.79. The number of halogens is 1. The van der Waals surface area contributed by atoms with Gasteiger partial charge in [-0.2, -0.15) is 0 Å². The molecule has 3 heterocycles. The number of hydrogen-bond donors (Lipinski definition) is 1. The molecule has 5 nitrogen and oxygen atoms in total. The van der Waals surface area contributed by atoms with Crippen molar-refractivity contribution in [3.63, 3.8) is 0 Å². The molecule has 1 aliphatic rings. The maximum absolute atomic E-state index is 5.79. The summed E-state index contributed by atoms with van der Waals surface area (Å²) in [7, 11) is 0. The summed E-state index contributed by atoms with van der Waals surface area (Å²) < 4.78 is 0. The third-order valence-corrected chi connectivity index (χ3v) is 4.10. The Bertz CT molecular complexity index is 575. The smallest absolute Gasteiger partial charge is 0.222 e. The molecule has 0 saturated carbocycles. The zero-order chi connectivity index (χ0) is 15.2. The van der Waals surface area contributed by atoms with Gasteiger partial charge in [0, 0.05) is 32.0 Å². The molecular weight excluding hydrogens is 298 g/mol. The Morgan fingerprint density at radius 3 is 2.91 bits per heavy atom. The maximum atomic E-state index is 5.79. The number of pyridine rings is 1. The summed E-state index contributed by atoms with van der Waals surface area (Å²) in [6, 6.07) is 4.13. The van der Waals surface area contributed by atoms with E-state index in [1.54, 1.807) is 12.4 Å². The van der Waals surface area contributed by atoms with E-state index in [0.29, 0.717) is 16.9 Å². The number of nitrogens with one attached hydrogen (secondary N) is 1. The molecule has 0 amide bonds. The van der Waals surface area contributed by atoms with Crippen LogP contribution in [0.3, 0.4) is 0 Å². The topological polar surface area (TPSA) is 53.9 Å². The number of nitrogens with zero attached hydrogens (tertiary/aromatic N) is 4. The van der Waals surface area contributed by atoms with Crippen LogP contribution in [0.4, 0.5) is 5.95 Å². The number of hydrogen-bond acceptors (Lipinski definition) is 5. The van der Waals surface area contributed by atoms with E-state index in [1.165, 1.54) is 18.4 Å². The third kappa shape index (κ3) is 4.39. The van der Waals surface area contributed by atoms with Crippen LogP contribution >= 0.6 is 11.6 Å². The van der Waals surface area contributed by atoms with Crippen LogP contribution in [-0.2, 0) is 6.54 Å². The Hall–Kier alpha value is -1.72. The molecule has 1 atom stereocenters. The van der Waals surface area contributed by atoms with Crippen molar-refractivity contribution < 1.29 is 0 Å². The van der Waals surface area contributed by atoms with Gasteiger partial charge in [0.2, 0.25) is 5.95 Å². The van der Waals surface area contributed by atoms with Crippen LogP contribution in [0, 0.1) is 5.92 Å². The first-order valence-corrected chi connectivity index (χ1v) is 8.00. The minimum Gasteiger partial charge on any atom is -0.354 e. The van der Waals surface area contributed by atoms with Gasteiger partial charge in [-0.3, -0.25) is 9.88 Å². The van der Waals surface area contributed by atoms with Crippen LogP contribution < -0.4 is 5.32 Å². The van der Waals surface area contributed by atoms with Crippen LogP contribution in [-0.4, -0.2) is 39.5 Å². The highest BCUT2D eigenvalue weighted by molar-refractivity contribution is 6.30. The normalized spacial score (nSPS) is 19.0. The molecule has 0 bridgehead atoms. The monoisotopic (exact) mass is 317 g/mol. The van der Waals surface area contributed by atoms with Gasteiger partial charge in [-0.15, -0.1) is 0 Å². The number of likely N-dealkylation sites (tertiary alicyclic amines) is 1. The fourth-order valence-corrected chi connectivity index (χ4v) is 2.95. The quantitative estimate of drug-likeness (QED) is 0.919. The van der Waals surface area contributed by atoms with Crippen molar-refractivity contribution in [3.05, 3.63) is 47.5 Å². The van der Waals surface area contributed by atoms with Gasteiger partial charge in [-0.1, -0.05) is 17.7 Å². The largest absolute Gasteiger partial charge is 0.354 e. The van der Waals surface area contributed by atoms with E-state index >= 15 is 0 Å². The molecule has 0 aromatic carbocycles. The minimum atomic E-state index is 0.561. The van der Waals surface area contributed by atoms with Crippen LogP contribution in [0.25, 0.3) is 0 Å². The first-order chi connectivity index (χ1) is 10.8.